The molecule has 1 unspecified atom stereocenters. The number of aliphatic carboxylic acids is 1. The molecule has 0 aromatic carbocycles. The number of nitrogens with one attached hydrogen (secondary N) is 1. The summed E-state index contributed by atoms with van der Waals surface area (Å²) in [7, 11) is 0. The van der Waals surface area contributed by atoms with Gasteiger partial charge >= 0.3 is 5.97 Å². The Hall–Kier alpha value is -0.830. The van der Waals surface area contributed by atoms with Crippen LogP contribution < -0.4 is 5.32 Å². The van der Waals surface area contributed by atoms with Crippen LogP contribution >= 0.6 is 0 Å². The minimum Gasteiger partial charge on any atom is -0.481 e. The Morgan fingerprint density at radius 1 is 1.80 bits per heavy atom. The number of carboxylic acids is 1. The van der Waals surface area contributed by atoms with E-state index in [0.29, 0.717) is 13.0 Å². The summed E-state index contributed by atoms with van der Waals surface area (Å²) in [4.78, 5) is 10.5. The van der Waals surface area contributed by atoms with E-state index < -0.39 is 5.97 Å². The molecule has 0 radical (unpaired) electrons. The molecule has 0 spiro atoms. The van der Waals surface area contributed by atoms with Gasteiger partial charge < -0.3 is 10.4 Å². The van der Waals surface area contributed by atoms with Crippen molar-refractivity contribution in [3.63, 3.8) is 0 Å². The molecule has 3 heteroatoms. The largest absolute Gasteiger partial charge is 0.481 e. The maximum atomic E-state index is 10.5. The summed E-state index contributed by atoms with van der Waals surface area (Å²) < 4.78 is 0. The first kappa shape index (κ1) is 7.28. The van der Waals surface area contributed by atoms with Crippen molar-refractivity contribution in [3.8, 4) is 0 Å². The summed E-state index contributed by atoms with van der Waals surface area (Å²) >= 11 is 0. The van der Waals surface area contributed by atoms with E-state index in [1.165, 1.54) is 0 Å². The van der Waals surface area contributed by atoms with Crippen molar-refractivity contribution in [2.45, 2.75) is 6.42 Å². The molecule has 0 amide bonds. The third-order valence-corrected chi connectivity index (χ3v) is 1.75. The van der Waals surface area contributed by atoms with Crippen LogP contribution in [0.25, 0.3) is 0 Å². The molecule has 1 fully saturated rings. The van der Waals surface area contributed by atoms with Gasteiger partial charge in [0.15, 0.2) is 0 Å². The topological polar surface area (TPSA) is 49.3 Å². The van der Waals surface area contributed by atoms with Gasteiger partial charge in [-0.25, -0.2) is 0 Å². The first-order chi connectivity index (χ1) is 4.72. The lowest BCUT2D eigenvalue weighted by Gasteiger charge is -2.21. The fourth-order valence-electron chi connectivity index (χ4n) is 1.12. The van der Waals surface area contributed by atoms with E-state index in [4.69, 9.17) is 5.11 Å². The number of rotatable bonds is 1. The highest BCUT2D eigenvalue weighted by Crippen LogP contribution is 2.15. The van der Waals surface area contributed by atoms with Crippen molar-refractivity contribution >= 4 is 5.97 Å². The lowest BCUT2D eigenvalue weighted by molar-refractivity contribution is -0.140. The third-order valence-electron chi connectivity index (χ3n) is 1.75. The predicted molar refractivity (Wildman–Crippen MR) is 37.8 cm³/mol. The number of piperidine rings is 1. The van der Waals surface area contributed by atoms with Crippen LogP contribution in [0.5, 0.6) is 0 Å². The Morgan fingerprint density at radius 3 is 2.90 bits per heavy atom. The van der Waals surface area contributed by atoms with Crippen molar-refractivity contribution in [1.82, 2.24) is 5.32 Å². The van der Waals surface area contributed by atoms with Crippen molar-refractivity contribution in [3.05, 3.63) is 12.2 Å². The van der Waals surface area contributed by atoms with Crippen molar-refractivity contribution < 1.29 is 9.90 Å². The highest BCUT2D eigenvalue weighted by molar-refractivity contribution is 5.73. The van der Waals surface area contributed by atoms with Gasteiger partial charge in [0.2, 0.25) is 0 Å². The number of hydrogen-bond donors (Lipinski definition) is 2. The van der Waals surface area contributed by atoms with E-state index in [1.807, 2.05) is 0 Å². The van der Waals surface area contributed by atoms with E-state index in [0.717, 1.165) is 12.1 Å². The van der Waals surface area contributed by atoms with E-state index >= 15 is 0 Å². The molecular formula is C7H11NO2. The Labute approximate surface area is 59.7 Å². The van der Waals surface area contributed by atoms with Crippen LogP contribution in [-0.2, 0) is 4.79 Å². The summed E-state index contributed by atoms with van der Waals surface area (Å²) in [6.07, 6.45) is 0.675. The molecule has 10 heavy (non-hydrogen) atoms. The molecule has 0 bridgehead atoms. The van der Waals surface area contributed by atoms with Gasteiger partial charge in [0, 0.05) is 6.54 Å². The normalized spacial score (nSPS) is 26.4. The highest BCUT2D eigenvalue weighted by Gasteiger charge is 2.22. The monoisotopic (exact) mass is 141 g/mol. The van der Waals surface area contributed by atoms with Crippen LogP contribution in [0.2, 0.25) is 0 Å². The molecular weight excluding hydrogens is 130 g/mol. The second-order valence-corrected chi connectivity index (χ2v) is 2.51. The van der Waals surface area contributed by atoms with Gasteiger partial charge in [0.05, 0.1) is 5.92 Å². The summed E-state index contributed by atoms with van der Waals surface area (Å²) in [6, 6.07) is 0. The highest BCUT2D eigenvalue weighted by atomic mass is 16.4. The number of carboxylic acid groups (broad SMARTS) is 1. The number of hydrogen-bond acceptors (Lipinski definition) is 2. The molecule has 0 aromatic heterocycles. The van der Waals surface area contributed by atoms with Crippen LogP contribution in [0.3, 0.4) is 0 Å². The minimum atomic E-state index is -0.744. The van der Waals surface area contributed by atoms with Gasteiger partial charge in [-0.05, 0) is 18.5 Å². The molecule has 0 aliphatic carbocycles. The lowest BCUT2D eigenvalue weighted by atomic mass is 9.94. The van der Waals surface area contributed by atoms with Crippen LogP contribution in [0.4, 0.5) is 0 Å². The molecule has 56 valence electrons. The molecule has 3 nitrogen and oxygen atoms in total. The van der Waals surface area contributed by atoms with Gasteiger partial charge in [-0.1, -0.05) is 6.58 Å². The van der Waals surface area contributed by atoms with Gasteiger partial charge in [-0.3, -0.25) is 4.79 Å². The summed E-state index contributed by atoms with van der Waals surface area (Å²) in [5.41, 5.74) is 0.791. The fraction of sp³-hybridized carbons (Fsp3) is 0.571. The van der Waals surface area contributed by atoms with Crippen LogP contribution in [0.15, 0.2) is 12.2 Å². The lowest BCUT2D eigenvalue weighted by Crippen LogP contribution is -2.33. The molecule has 0 aromatic rings. The van der Waals surface area contributed by atoms with Gasteiger partial charge in [-0.15, -0.1) is 0 Å². The first-order valence-corrected chi connectivity index (χ1v) is 3.33. The Bertz CT molecular complexity index is 165. The summed E-state index contributed by atoms with van der Waals surface area (Å²) in [5, 5.41) is 11.7. The average molecular weight is 141 g/mol. The van der Waals surface area contributed by atoms with Crippen LogP contribution in [-0.4, -0.2) is 24.2 Å². The van der Waals surface area contributed by atoms with E-state index in [1.54, 1.807) is 0 Å². The third kappa shape index (κ3) is 1.36. The standard InChI is InChI=1S/C7H11NO2/c1-5-4-8-3-2-6(5)7(9)10/h6,8H,1-4H2,(H,9,10). The quantitative estimate of drug-likeness (QED) is 0.514. The van der Waals surface area contributed by atoms with Crippen LogP contribution in [0, 0.1) is 5.92 Å². The second kappa shape index (κ2) is 2.84. The molecule has 1 rings (SSSR count). The summed E-state index contributed by atoms with van der Waals surface area (Å²) in [6.45, 7) is 5.11. The van der Waals surface area contributed by atoms with E-state index in [9.17, 15) is 4.79 Å². The maximum Gasteiger partial charge on any atom is 0.310 e. The van der Waals surface area contributed by atoms with Gasteiger partial charge in [-0.2, -0.15) is 0 Å². The van der Waals surface area contributed by atoms with Gasteiger partial charge in [0.25, 0.3) is 0 Å². The van der Waals surface area contributed by atoms with Gasteiger partial charge in [0.1, 0.15) is 0 Å². The van der Waals surface area contributed by atoms with Crippen molar-refractivity contribution in [1.29, 1.82) is 0 Å². The average Bonchev–Trinajstić information content (AvgIpc) is 1.88. The fourth-order valence-corrected chi connectivity index (χ4v) is 1.12. The second-order valence-electron chi connectivity index (χ2n) is 2.51. The zero-order chi connectivity index (χ0) is 7.56. The smallest absolute Gasteiger partial charge is 0.310 e. The molecule has 1 saturated heterocycles. The molecule has 2 N–H and O–H groups in total. The zero-order valence-electron chi connectivity index (χ0n) is 5.76. The Kier molecular flexibility index (Phi) is 2.06. The zero-order valence-corrected chi connectivity index (χ0v) is 5.76. The van der Waals surface area contributed by atoms with Crippen LogP contribution in [0.1, 0.15) is 6.42 Å². The molecule has 1 aliphatic rings. The van der Waals surface area contributed by atoms with Crippen molar-refractivity contribution in [2.75, 3.05) is 13.1 Å². The minimum absolute atomic E-state index is 0.318. The molecule has 1 heterocycles. The molecule has 1 atom stereocenters. The number of carbonyl (C=O) groups is 1. The Balaban J connectivity index is 2.56. The predicted octanol–water partition coefficient (Wildman–Crippen LogP) is 0.237. The van der Waals surface area contributed by atoms with E-state index in [2.05, 4.69) is 11.9 Å². The van der Waals surface area contributed by atoms with Crippen molar-refractivity contribution in [2.24, 2.45) is 5.92 Å². The first-order valence-electron chi connectivity index (χ1n) is 3.33. The SMILES string of the molecule is C=C1CNCCC1C(=O)O. The Morgan fingerprint density at radius 2 is 2.50 bits per heavy atom. The summed E-state index contributed by atoms with van der Waals surface area (Å²) in [5.74, 6) is -1.06. The van der Waals surface area contributed by atoms with E-state index in [-0.39, 0.29) is 5.92 Å². The molecule has 1 aliphatic heterocycles. The maximum absolute atomic E-state index is 10.5. The molecule has 0 saturated carbocycles.